The molecule has 3 unspecified atom stereocenters. The predicted molar refractivity (Wildman–Crippen MR) is 77.3 cm³/mol. The van der Waals surface area contributed by atoms with Crippen molar-refractivity contribution in [3.05, 3.63) is 0 Å². The highest BCUT2D eigenvalue weighted by Gasteiger charge is 2.29. The van der Waals surface area contributed by atoms with E-state index < -0.39 is 0 Å². The van der Waals surface area contributed by atoms with E-state index in [9.17, 15) is 0 Å². The van der Waals surface area contributed by atoms with Gasteiger partial charge in [-0.3, -0.25) is 0 Å². The highest BCUT2D eigenvalue weighted by Crippen LogP contribution is 2.38. The predicted octanol–water partition coefficient (Wildman–Crippen LogP) is 4.62. The van der Waals surface area contributed by atoms with Gasteiger partial charge in [-0.2, -0.15) is 0 Å². The van der Waals surface area contributed by atoms with E-state index in [0.717, 1.165) is 11.8 Å². The zero-order valence-electron chi connectivity index (χ0n) is 12.7. The highest BCUT2D eigenvalue weighted by atomic mass is 14.9. The third kappa shape index (κ3) is 4.99. The average molecular weight is 239 g/mol. The molecule has 0 aliphatic carbocycles. The van der Waals surface area contributed by atoms with Crippen LogP contribution in [-0.4, -0.2) is 12.6 Å². The summed E-state index contributed by atoms with van der Waals surface area (Å²) in [7, 11) is 0. The lowest BCUT2D eigenvalue weighted by atomic mass is 9.69. The van der Waals surface area contributed by atoms with Crippen molar-refractivity contribution >= 4 is 0 Å². The second kappa shape index (κ2) is 6.78. The Labute approximate surface area is 109 Å². The smallest absolute Gasteiger partial charge is 0.00387 e. The van der Waals surface area contributed by atoms with Crippen LogP contribution in [0.25, 0.3) is 0 Å². The van der Waals surface area contributed by atoms with Crippen molar-refractivity contribution in [2.75, 3.05) is 6.54 Å². The van der Waals surface area contributed by atoms with E-state index in [2.05, 4.69) is 39.9 Å². The molecule has 0 radical (unpaired) electrons. The Morgan fingerprint density at radius 3 is 2.35 bits per heavy atom. The van der Waals surface area contributed by atoms with Gasteiger partial charge in [0, 0.05) is 6.04 Å². The number of hydrogen-bond donors (Lipinski definition) is 1. The Bertz CT molecular complexity index is 210. The Balaban J connectivity index is 2.56. The van der Waals surface area contributed by atoms with Crippen LogP contribution in [0.5, 0.6) is 0 Å². The first-order chi connectivity index (χ1) is 7.93. The van der Waals surface area contributed by atoms with Crippen LogP contribution >= 0.6 is 0 Å². The minimum Gasteiger partial charge on any atom is -0.314 e. The summed E-state index contributed by atoms with van der Waals surface area (Å²) in [6.07, 6.45) is 8.25. The van der Waals surface area contributed by atoms with Gasteiger partial charge >= 0.3 is 0 Å². The van der Waals surface area contributed by atoms with Gasteiger partial charge in [0.25, 0.3) is 0 Å². The van der Waals surface area contributed by atoms with Crippen LogP contribution in [0.4, 0.5) is 0 Å². The fourth-order valence-corrected chi connectivity index (χ4v) is 3.15. The van der Waals surface area contributed by atoms with Crippen LogP contribution in [0.3, 0.4) is 0 Å². The van der Waals surface area contributed by atoms with E-state index in [1.54, 1.807) is 0 Å². The van der Waals surface area contributed by atoms with Gasteiger partial charge in [0.2, 0.25) is 0 Å². The molecule has 0 aromatic carbocycles. The molecule has 3 atom stereocenters. The van der Waals surface area contributed by atoms with Crippen molar-refractivity contribution in [3.63, 3.8) is 0 Å². The van der Waals surface area contributed by atoms with E-state index in [4.69, 9.17) is 0 Å². The molecule has 1 saturated heterocycles. The molecule has 1 heterocycles. The van der Waals surface area contributed by atoms with E-state index in [0.29, 0.717) is 11.5 Å². The van der Waals surface area contributed by atoms with Crippen molar-refractivity contribution in [2.45, 2.75) is 79.2 Å². The number of nitrogens with one attached hydrogen (secondary N) is 1. The fourth-order valence-electron chi connectivity index (χ4n) is 3.15. The highest BCUT2D eigenvalue weighted by molar-refractivity contribution is 4.80. The molecule has 0 saturated carbocycles. The first-order valence-electron chi connectivity index (χ1n) is 7.67. The standard InChI is InChI=1S/C16H33N/c1-13-9-8-12-17-14(2)10-6-7-11-16(4,5)15(13)3/h13-15,17H,6-12H2,1-5H3. The second-order valence-corrected chi connectivity index (χ2v) is 7.00. The summed E-state index contributed by atoms with van der Waals surface area (Å²) in [5, 5.41) is 3.66. The molecule has 1 aliphatic rings. The Kier molecular flexibility index (Phi) is 5.99. The van der Waals surface area contributed by atoms with Crippen LogP contribution in [0.2, 0.25) is 0 Å². The van der Waals surface area contributed by atoms with Crippen LogP contribution in [0.1, 0.15) is 73.1 Å². The molecule has 0 aromatic rings. The number of rotatable bonds is 0. The molecule has 0 bridgehead atoms. The first kappa shape index (κ1) is 15.0. The average Bonchev–Trinajstić information content (AvgIpc) is 2.28. The summed E-state index contributed by atoms with van der Waals surface area (Å²) in [6.45, 7) is 13.4. The summed E-state index contributed by atoms with van der Waals surface area (Å²) in [5.74, 6) is 1.71. The quantitative estimate of drug-likeness (QED) is 0.650. The van der Waals surface area contributed by atoms with Crippen LogP contribution in [0.15, 0.2) is 0 Å². The van der Waals surface area contributed by atoms with Gasteiger partial charge in [-0.15, -0.1) is 0 Å². The maximum absolute atomic E-state index is 3.66. The molecular weight excluding hydrogens is 206 g/mol. The fraction of sp³-hybridized carbons (Fsp3) is 1.00. The van der Waals surface area contributed by atoms with Gasteiger partial charge in [0.1, 0.15) is 0 Å². The van der Waals surface area contributed by atoms with Crippen molar-refractivity contribution in [3.8, 4) is 0 Å². The normalized spacial score (nSPS) is 36.9. The Morgan fingerprint density at radius 1 is 0.941 bits per heavy atom. The molecule has 17 heavy (non-hydrogen) atoms. The lowest BCUT2D eigenvalue weighted by molar-refractivity contribution is 0.138. The molecule has 0 spiro atoms. The molecule has 0 amide bonds. The molecular formula is C16H33N. The van der Waals surface area contributed by atoms with Crippen molar-refractivity contribution in [1.29, 1.82) is 0 Å². The molecule has 1 heteroatoms. The van der Waals surface area contributed by atoms with Gasteiger partial charge in [0.05, 0.1) is 0 Å². The summed E-state index contributed by atoms with van der Waals surface area (Å²) < 4.78 is 0. The zero-order chi connectivity index (χ0) is 12.9. The van der Waals surface area contributed by atoms with E-state index >= 15 is 0 Å². The molecule has 1 nitrogen and oxygen atoms in total. The topological polar surface area (TPSA) is 12.0 Å². The molecule has 102 valence electrons. The summed E-state index contributed by atoms with van der Waals surface area (Å²) in [6, 6.07) is 0.713. The summed E-state index contributed by atoms with van der Waals surface area (Å²) in [5.41, 5.74) is 0.523. The van der Waals surface area contributed by atoms with E-state index in [1.165, 1.54) is 45.1 Å². The lowest BCUT2D eigenvalue weighted by Gasteiger charge is -2.37. The van der Waals surface area contributed by atoms with Gasteiger partial charge < -0.3 is 5.32 Å². The van der Waals surface area contributed by atoms with E-state index in [-0.39, 0.29) is 0 Å². The van der Waals surface area contributed by atoms with Crippen molar-refractivity contribution < 1.29 is 0 Å². The second-order valence-electron chi connectivity index (χ2n) is 7.00. The number of hydrogen-bond acceptors (Lipinski definition) is 1. The van der Waals surface area contributed by atoms with Gasteiger partial charge in [0.15, 0.2) is 0 Å². The molecule has 1 aliphatic heterocycles. The molecule has 1 fully saturated rings. The van der Waals surface area contributed by atoms with Crippen LogP contribution < -0.4 is 5.32 Å². The minimum atomic E-state index is 0.523. The maximum Gasteiger partial charge on any atom is 0.00387 e. The Morgan fingerprint density at radius 2 is 1.65 bits per heavy atom. The Hall–Kier alpha value is -0.0400. The summed E-state index contributed by atoms with van der Waals surface area (Å²) in [4.78, 5) is 0. The van der Waals surface area contributed by atoms with Crippen molar-refractivity contribution in [2.24, 2.45) is 17.3 Å². The first-order valence-corrected chi connectivity index (χ1v) is 7.67. The van der Waals surface area contributed by atoms with Crippen LogP contribution in [0, 0.1) is 17.3 Å². The minimum absolute atomic E-state index is 0.523. The van der Waals surface area contributed by atoms with Gasteiger partial charge in [-0.1, -0.05) is 40.5 Å². The third-order valence-electron chi connectivity index (χ3n) is 5.12. The largest absolute Gasteiger partial charge is 0.314 e. The lowest BCUT2D eigenvalue weighted by Crippen LogP contribution is -2.31. The molecule has 1 rings (SSSR count). The zero-order valence-corrected chi connectivity index (χ0v) is 12.7. The van der Waals surface area contributed by atoms with Crippen LogP contribution in [-0.2, 0) is 0 Å². The molecule has 0 aromatic heterocycles. The third-order valence-corrected chi connectivity index (χ3v) is 5.12. The summed E-state index contributed by atoms with van der Waals surface area (Å²) >= 11 is 0. The van der Waals surface area contributed by atoms with Gasteiger partial charge in [-0.25, -0.2) is 0 Å². The monoisotopic (exact) mass is 239 g/mol. The maximum atomic E-state index is 3.66. The van der Waals surface area contributed by atoms with E-state index in [1.807, 2.05) is 0 Å². The molecule has 1 N–H and O–H groups in total. The van der Waals surface area contributed by atoms with Gasteiger partial charge in [-0.05, 0) is 56.4 Å². The SMILES string of the molecule is CC1CCCCC(C)(C)C(C)C(C)CCCN1. The van der Waals surface area contributed by atoms with Crippen molar-refractivity contribution in [1.82, 2.24) is 5.32 Å².